The molecule has 1 N–H and O–H groups in total. The molecule has 0 atom stereocenters. The van der Waals surface area contributed by atoms with E-state index in [1.807, 2.05) is 34.0 Å². The van der Waals surface area contributed by atoms with Crippen LogP contribution >= 0.6 is 39.0 Å². The van der Waals surface area contributed by atoms with Gasteiger partial charge in [0.2, 0.25) is 11.7 Å². The van der Waals surface area contributed by atoms with Crippen LogP contribution in [0.4, 0.5) is 0 Å². The van der Waals surface area contributed by atoms with E-state index in [1.54, 1.807) is 23.5 Å². The number of fused-ring (bicyclic) bond motifs is 3. The van der Waals surface area contributed by atoms with Gasteiger partial charge in [0.15, 0.2) is 5.16 Å². The zero-order valence-corrected chi connectivity index (χ0v) is 18.4. The number of benzene rings is 1. The molecule has 0 saturated carbocycles. The highest BCUT2D eigenvalue weighted by atomic mass is 79.9. The number of hydrogen-bond donors (Lipinski definition) is 1. The van der Waals surface area contributed by atoms with E-state index in [4.69, 9.17) is 0 Å². The third-order valence-electron chi connectivity index (χ3n) is 4.20. The minimum atomic E-state index is -0.142. The molecule has 3 heterocycles. The van der Waals surface area contributed by atoms with Gasteiger partial charge >= 0.3 is 0 Å². The van der Waals surface area contributed by atoms with Gasteiger partial charge in [-0.05, 0) is 34.1 Å². The second-order valence-electron chi connectivity index (χ2n) is 6.14. The molecule has 10 heteroatoms. The van der Waals surface area contributed by atoms with Crippen LogP contribution in [0.1, 0.15) is 4.88 Å². The Morgan fingerprint density at radius 2 is 2.17 bits per heavy atom. The fourth-order valence-electron chi connectivity index (χ4n) is 2.93. The number of rotatable bonds is 7. The molecule has 0 spiro atoms. The maximum atomic E-state index is 12.8. The van der Waals surface area contributed by atoms with Crippen LogP contribution in [0.3, 0.4) is 0 Å². The quantitative estimate of drug-likeness (QED) is 0.317. The summed E-state index contributed by atoms with van der Waals surface area (Å²) in [5, 5.41) is 14.4. The van der Waals surface area contributed by atoms with Crippen molar-refractivity contribution < 1.29 is 4.79 Å². The molecular weight excluding hydrogens is 474 g/mol. The summed E-state index contributed by atoms with van der Waals surface area (Å²) in [6.07, 6.45) is 1.65. The number of para-hydroxylation sites is 1. The maximum Gasteiger partial charge on any atom is 0.263 e. The molecule has 29 heavy (non-hydrogen) atoms. The lowest BCUT2D eigenvalue weighted by Crippen LogP contribution is -2.24. The van der Waals surface area contributed by atoms with E-state index in [1.165, 1.54) is 16.3 Å². The molecule has 4 aromatic rings. The topological polar surface area (TPSA) is 81.3 Å². The normalized spacial score (nSPS) is 11.2. The van der Waals surface area contributed by atoms with Gasteiger partial charge in [-0.15, -0.1) is 28.1 Å². The first kappa shape index (κ1) is 19.9. The number of thioether (sulfide) groups is 1. The first-order valence-corrected chi connectivity index (χ1v) is 11.3. The van der Waals surface area contributed by atoms with E-state index < -0.39 is 0 Å². The third kappa shape index (κ3) is 4.00. The van der Waals surface area contributed by atoms with E-state index in [0.717, 1.165) is 9.35 Å². The molecule has 0 unspecified atom stereocenters. The summed E-state index contributed by atoms with van der Waals surface area (Å²) in [6, 6.07) is 9.29. The highest BCUT2D eigenvalue weighted by molar-refractivity contribution is 9.10. The van der Waals surface area contributed by atoms with E-state index in [-0.39, 0.29) is 17.2 Å². The number of aromatic nitrogens is 4. The van der Waals surface area contributed by atoms with E-state index >= 15 is 0 Å². The number of nitrogens with zero attached hydrogens (tertiary/aromatic N) is 4. The monoisotopic (exact) mass is 489 g/mol. The minimum Gasteiger partial charge on any atom is -0.350 e. The van der Waals surface area contributed by atoms with Gasteiger partial charge in [0, 0.05) is 21.3 Å². The van der Waals surface area contributed by atoms with Gasteiger partial charge in [-0.1, -0.05) is 30.0 Å². The minimum absolute atomic E-state index is 0.0972. The van der Waals surface area contributed by atoms with Crippen molar-refractivity contribution in [3.63, 3.8) is 0 Å². The van der Waals surface area contributed by atoms with Crippen molar-refractivity contribution in [2.45, 2.75) is 18.2 Å². The lowest BCUT2D eigenvalue weighted by Gasteiger charge is -2.09. The Morgan fingerprint density at radius 1 is 1.34 bits per heavy atom. The zero-order chi connectivity index (χ0) is 20.4. The smallest absolute Gasteiger partial charge is 0.263 e. The largest absolute Gasteiger partial charge is 0.350 e. The average molecular weight is 490 g/mol. The summed E-state index contributed by atoms with van der Waals surface area (Å²) in [5.41, 5.74) is 0.570. The van der Waals surface area contributed by atoms with Gasteiger partial charge < -0.3 is 5.32 Å². The van der Waals surface area contributed by atoms with Crippen LogP contribution in [-0.2, 0) is 17.9 Å². The SMILES string of the molecule is C=CCn1c(=O)c2ccccc2n2c(SCC(=O)NCc3cc(Br)cs3)nnc12. The van der Waals surface area contributed by atoms with Crippen LogP contribution in [0.25, 0.3) is 16.7 Å². The second-order valence-corrected chi connectivity index (χ2v) is 8.99. The molecule has 0 saturated heterocycles. The standard InChI is InChI=1S/C19H16BrN5O2S2/c1-2-7-24-17(27)14-5-3-4-6-15(14)25-18(24)22-23-19(25)29-11-16(26)21-9-13-8-12(20)10-28-13/h2-6,8,10H,1,7,9,11H2,(H,21,26). The molecule has 0 radical (unpaired) electrons. The lowest BCUT2D eigenvalue weighted by atomic mass is 10.2. The van der Waals surface area contributed by atoms with Gasteiger partial charge in [0.25, 0.3) is 5.56 Å². The number of amides is 1. The fourth-order valence-corrected chi connectivity index (χ4v) is 5.09. The summed E-state index contributed by atoms with van der Waals surface area (Å²) in [6.45, 7) is 4.53. The van der Waals surface area contributed by atoms with Gasteiger partial charge in [0.05, 0.1) is 23.2 Å². The van der Waals surface area contributed by atoms with Crippen molar-refractivity contribution in [1.82, 2.24) is 24.5 Å². The molecule has 148 valence electrons. The molecule has 1 amide bonds. The predicted molar refractivity (Wildman–Crippen MR) is 120 cm³/mol. The molecule has 0 aliphatic rings. The highest BCUT2D eigenvalue weighted by Gasteiger charge is 2.17. The molecule has 3 aromatic heterocycles. The maximum absolute atomic E-state index is 12.8. The molecule has 0 fully saturated rings. The van der Waals surface area contributed by atoms with Crippen molar-refractivity contribution in [3.8, 4) is 0 Å². The highest BCUT2D eigenvalue weighted by Crippen LogP contribution is 2.22. The first-order chi connectivity index (χ1) is 14.1. The summed E-state index contributed by atoms with van der Waals surface area (Å²) >= 11 is 6.27. The molecule has 7 nitrogen and oxygen atoms in total. The number of carbonyl (C=O) groups is 1. The van der Waals surface area contributed by atoms with E-state index in [0.29, 0.717) is 34.9 Å². The molecule has 4 rings (SSSR count). The summed E-state index contributed by atoms with van der Waals surface area (Å²) in [5.74, 6) is 0.530. The van der Waals surface area contributed by atoms with Crippen LogP contribution in [0, 0.1) is 0 Å². The van der Waals surface area contributed by atoms with Crippen molar-refractivity contribution >= 4 is 61.6 Å². The van der Waals surface area contributed by atoms with Crippen LogP contribution in [0.2, 0.25) is 0 Å². The zero-order valence-electron chi connectivity index (χ0n) is 15.2. The molecular formula is C19H16BrN5O2S2. The Morgan fingerprint density at radius 3 is 2.93 bits per heavy atom. The number of thiophene rings is 1. The van der Waals surface area contributed by atoms with Crippen LogP contribution < -0.4 is 10.9 Å². The number of carbonyl (C=O) groups excluding carboxylic acids is 1. The van der Waals surface area contributed by atoms with Crippen molar-refractivity contribution in [2.24, 2.45) is 0 Å². The summed E-state index contributed by atoms with van der Waals surface area (Å²) < 4.78 is 4.35. The Kier molecular flexibility index (Phi) is 5.84. The second kappa shape index (κ2) is 8.52. The van der Waals surface area contributed by atoms with Crippen molar-refractivity contribution in [3.05, 3.63) is 68.1 Å². The number of halogens is 1. The number of hydrogen-bond acceptors (Lipinski definition) is 6. The predicted octanol–water partition coefficient (Wildman–Crippen LogP) is 3.46. The average Bonchev–Trinajstić information content (AvgIpc) is 3.34. The summed E-state index contributed by atoms with van der Waals surface area (Å²) in [4.78, 5) is 26.1. The third-order valence-corrected chi connectivity index (χ3v) is 6.83. The molecule has 1 aromatic carbocycles. The molecule has 0 aliphatic carbocycles. The van der Waals surface area contributed by atoms with E-state index in [2.05, 4.69) is 38.0 Å². The Labute approximate surface area is 182 Å². The fraction of sp³-hybridized carbons (Fsp3) is 0.158. The Bertz CT molecular complexity index is 1280. The Balaban J connectivity index is 1.60. The number of allylic oxidation sites excluding steroid dienone is 1. The van der Waals surface area contributed by atoms with Gasteiger partial charge in [-0.3, -0.25) is 18.6 Å². The van der Waals surface area contributed by atoms with Gasteiger partial charge in [0.1, 0.15) is 0 Å². The van der Waals surface area contributed by atoms with Gasteiger partial charge in [-0.25, -0.2) is 0 Å². The number of nitrogens with one attached hydrogen (secondary N) is 1. The van der Waals surface area contributed by atoms with E-state index in [9.17, 15) is 9.59 Å². The van der Waals surface area contributed by atoms with Crippen LogP contribution in [0.5, 0.6) is 0 Å². The first-order valence-electron chi connectivity index (χ1n) is 8.68. The molecule has 0 bridgehead atoms. The summed E-state index contributed by atoms with van der Waals surface area (Å²) in [7, 11) is 0. The van der Waals surface area contributed by atoms with Crippen molar-refractivity contribution in [2.75, 3.05) is 5.75 Å². The Hall–Kier alpha value is -2.43. The van der Waals surface area contributed by atoms with Crippen LogP contribution in [0.15, 0.2) is 62.8 Å². The lowest BCUT2D eigenvalue weighted by molar-refractivity contribution is -0.118. The molecule has 0 aliphatic heterocycles. The van der Waals surface area contributed by atoms with Gasteiger partial charge in [-0.2, -0.15) is 0 Å². The van der Waals surface area contributed by atoms with Crippen molar-refractivity contribution in [1.29, 1.82) is 0 Å². The van der Waals surface area contributed by atoms with Crippen LogP contribution in [-0.4, -0.2) is 30.8 Å².